The molecular weight excluding hydrogens is 234 g/mol. The quantitative estimate of drug-likeness (QED) is 0.300. The van der Waals surface area contributed by atoms with Gasteiger partial charge in [-0.05, 0) is 0 Å². The first-order valence-corrected chi connectivity index (χ1v) is 4.37. The molecule has 0 saturated heterocycles. The summed E-state index contributed by atoms with van der Waals surface area (Å²) < 4.78 is 0. The van der Waals surface area contributed by atoms with E-state index in [0.29, 0.717) is 0 Å². The van der Waals surface area contributed by atoms with Gasteiger partial charge in [0.2, 0.25) is 0 Å². The average molecular weight is 249 g/mol. The molecule has 0 aromatic carbocycles. The number of nitrogens with one attached hydrogen (secondary N) is 1. The number of nitrogens with two attached hydrogens (primary N) is 1. The second-order valence-electron chi connectivity index (χ2n) is 2.92. The number of rotatable bonds is 5. The fourth-order valence-corrected chi connectivity index (χ4v) is 0.502. The Morgan fingerprint density at radius 2 is 1.41 bits per heavy atom. The maximum absolute atomic E-state index is 9.92. The summed E-state index contributed by atoms with van der Waals surface area (Å²) in [6.07, 6.45) is -0.593. The van der Waals surface area contributed by atoms with Crippen molar-refractivity contribution < 1.29 is 29.7 Å². The van der Waals surface area contributed by atoms with Crippen molar-refractivity contribution in [2.45, 2.75) is 12.8 Å². The van der Waals surface area contributed by atoms with Crippen LogP contribution in [0.15, 0.2) is 0 Å². The van der Waals surface area contributed by atoms with Gasteiger partial charge in [0.25, 0.3) is 0 Å². The molecule has 0 bridgehead atoms. The summed E-state index contributed by atoms with van der Waals surface area (Å²) in [5.74, 6) is -3.38. The van der Waals surface area contributed by atoms with Crippen molar-refractivity contribution in [1.29, 1.82) is 5.41 Å². The van der Waals surface area contributed by atoms with Gasteiger partial charge in [-0.2, -0.15) is 0 Å². The molecule has 0 spiro atoms. The molecular formula is C8H15N3O6. The molecule has 0 aliphatic carbocycles. The maximum Gasteiger partial charge on any atom is 0.323 e. The summed E-state index contributed by atoms with van der Waals surface area (Å²) in [5, 5.41) is 30.7. The first kappa shape index (κ1) is 17.1. The molecule has 0 radical (unpaired) electrons. The molecule has 98 valence electrons. The van der Waals surface area contributed by atoms with Gasteiger partial charge < -0.3 is 26.0 Å². The molecule has 0 aliphatic rings. The molecule has 0 aliphatic heterocycles. The van der Waals surface area contributed by atoms with Crippen LogP contribution in [0.5, 0.6) is 0 Å². The van der Waals surface area contributed by atoms with Gasteiger partial charge in [-0.15, -0.1) is 0 Å². The smallest absolute Gasteiger partial charge is 0.323 e. The van der Waals surface area contributed by atoms with Crippen molar-refractivity contribution in [2.24, 2.45) is 5.73 Å². The van der Waals surface area contributed by atoms with Gasteiger partial charge in [-0.1, -0.05) is 0 Å². The van der Waals surface area contributed by atoms with Crippen LogP contribution in [0.1, 0.15) is 12.8 Å². The SMILES string of the molecule is CN(CC(=O)O)C(=N)N.O=C(O)CCC(=O)O. The number of hydrogen-bond donors (Lipinski definition) is 5. The average Bonchev–Trinajstić information content (AvgIpc) is 2.14. The Hall–Kier alpha value is -2.32. The zero-order valence-electron chi connectivity index (χ0n) is 9.21. The first-order chi connectivity index (χ1) is 7.66. The highest BCUT2D eigenvalue weighted by Crippen LogP contribution is 1.86. The second-order valence-corrected chi connectivity index (χ2v) is 2.92. The summed E-state index contributed by atoms with van der Waals surface area (Å²) in [5.41, 5.74) is 4.93. The van der Waals surface area contributed by atoms with Crippen LogP contribution >= 0.6 is 0 Å². The van der Waals surface area contributed by atoms with Gasteiger partial charge in [-0.3, -0.25) is 19.8 Å². The number of carboxylic acid groups (broad SMARTS) is 3. The molecule has 17 heavy (non-hydrogen) atoms. The van der Waals surface area contributed by atoms with Crippen LogP contribution in [0.3, 0.4) is 0 Å². The Balaban J connectivity index is 0. The van der Waals surface area contributed by atoms with Gasteiger partial charge in [0.15, 0.2) is 5.96 Å². The van der Waals surface area contributed by atoms with Crippen LogP contribution in [0.25, 0.3) is 0 Å². The van der Waals surface area contributed by atoms with Gasteiger partial charge in [-0.25, -0.2) is 0 Å². The van der Waals surface area contributed by atoms with E-state index in [2.05, 4.69) is 0 Å². The Kier molecular flexibility index (Phi) is 8.99. The minimum atomic E-state index is -1.08. The molecule has 0 amide bonds. The highest BCUT2D eigenvalue weighted by atomic mass is 16.4. The van der Waals surface area contributed by atoms with Crippen LogP contribution in [0.2, 0.25) is 0 Å². The number of nitrogens with zero attached hydrogens (tertiary/aromatic N) is 1. The summed E-state index contributed by atoms with van der Waals surface area (Å²) in [7, 11) is 1.44. The van der Waals surface area contributed by atoms with Crippen LogP contribution < -0.4 is 5.73 Å². The van der Waals surface area contributed by atoms with Crippen LogP contribution in [0.4, 0.5) is 0 Å². The monoisotopic (exact) mass is 249 g/mol. The third-order valence-corrected chi connectivity index (χ3v) is 1.34. The normalized spacial score (nSPS) is 8.53. The molecule has 0 aromatic heterocycles. The molecule has 0 unspecified atom stereocenters. The van der Waals surface area contributed by atoms with Gasteiger partial charge in [0.1, 0.15) is 6.54 Å². The lowest BCUT2D eigenvalue weighted by molar-refractivity contribution is -0.143. The van der Waals surface area contributed by atoms with E-state index >= 15 is 0 Å². The van der Waals surface area contributed by atoms with E-state index < -0.39 is 17.9 Å². The topological polar surface area (TPSA) is 165 Å². The minimum absolute atomic E-state index is 0.227. The van der Waals surface area contributed by atoms with Crippen molar-refractivity contribution in [3.8, 4) is 0 Å². The second kappa shape index (κ2) is 8.95. The van der Waals surface area contributed by atoms with Crippen molar-refractivity contribution >= 4 is 23.9 Å². The van der Waals surface area contributed by atoms with E-state index in [4.69, 9.17) is 26.5 Å². The van der Waals surface area contributed by atoms with Crippen molar-refractivity contribution in [1.82, 2.24) is 4.90 Å². The summed E-state index contributed by atoms with van der Waals surface area (Å²) in [6.45, 7) is -0.227. The van der Waals surface area contributed by atoms with Crippen molar-refractivity contribution in [2.75, 3.05) is 13.6 Å². The van der Waals surface area contributed by atoms with Crippen LogP contribution in [-0.4, -0.2) is 57.7 Å². The van der Waals surface area contributed by atoms with Crippen molar-refractivity contribution in [3.05, 3.63) is 0 Å². The van der Waals surface area contributed by atoms with Gasteiger partial charge >= 0.3 is 17.9 Å². The molecule has 0 heterocycles. The number of carbonyl (C=O) groups is 3. The molecule has 0 atom stereocenters. The zero-order chi connectivity index (χ0) is 14.0. The first-order valence-electron chi connectivity index (χ1n) is 4.37. The van der Waals surface area contributed by atoms with E-state index in [9.17, 15) is 14.4 Å². The summed E-state index contributed by atoms with van der Waals surface area (Å²) in [4.78, 5) is 30.3. The highest BCUT2D eigenvalue weighted by molar-refractivity contribution is 5.80. The molecule has 0 rings (SSSR count). The van der Waals surface area contributed by atoms with E-state index in [1.807, 2.05) is 0 Å². The number of likely N-dealkylation sites (N-methyl/N-ethyl adjacent to an activating group) is 1. The Bertz CT molecular complexity index is 290. The standard InChI is InChI=1S/C4H9N3O2.C4H6O4/c1-7(4(5)6)2-3(8)9;5-3(6)1-2-4(7)8/h2H2,1H3,(H3,5,6)(H,8,9);1-2H2,(H,5,6)(H,7,8). The molecule has 6 N–H and O–H groups in total. The molecule has 0 aromatic rings. The van der Waals surface area contributed by atoms with E-state index in [0.717, 1.165) is 4.90 Å². The molecule has 0 fully saturated rings. The third kappa shape index (κ3) is 16.4. The molecule has 9 nitrogen and oxygen atoms in total. The van der Waals surface area contributed by atoms with Gasteiger partial charge in [0, 0.05) is 7.05 Å². The number of carboxylic acids is 3. The predicted octanol–water partition coefficient (Wildman–Crippen LogP) is -1.17. The van der Waals surface area contributed by atoms with E-state index in [1.54, 1.807) is 0 Å². The minimum Gasteiger partial charge on any atom is -0.481 e. The highest BCUT2D eigenvalue weighted by Gasteiger charge is 2.03. The van der Waals surface area contributed by atoms with Crippen molar-refractivity contribution in [3.63, 3.8) is 0 Å². The molecule has 0 saturated carbocycles. The zero-order valence-corrected chi connectivity index (χ0v) is 9.21. The lowest BCUT2D eigenvalue weighted by atomic mass is 10.3. The third-order valence-electron chi connectivity index (χ3n) is 1.34. The van der Waals surface area contributed by atoms with Crippen LogP contribution in [-0.2, 0) is 14.4 Å². The largest absolute Gasteiger partial charge is 0.481 e. The Labute approximate surface area is 97.0 Å². The molecule has 9 heteroatoms. The summed E-state index contributed by atoms with van der Waals surface area (Å²) >= 11 is 0. The number of aliphatic carboxylic acids is 3. The number of hydrogen-bond acceptors (Lipinski definition) is 4. The lowest BCUT2D eigenvalue weighted by Crippen LogP contribution is -2.36. The van der Waals surface area contributed by atoms with Crippen LogP contribution in [0, 0.1) is 5.41 Å². The van der Waals surface area contributed by atoms with Gasteiger partial charge in [0.05, 0.1) is 12.8 Å². The maximum atomic E-state index is 9.92. The Morgan fingerprint density at radius 1 is 1.06 bits per heavy atom. The summed E-state index contributed by atoms with van der Waals surface area (Å²) in [6, 6.07) is 0. The fraction of sp³-hybridized carbons (Fsp3) is 0.500. The number of guanidine groups is 1. The van der Waals surface area contributed by atoms with E-state index in [1.165, 1.54) is 7.05 Å². The predicted molar refractivity (Wildman–Crippen MR) is 56.7 cm³/mol. The Morgan fingerprint density at radius 3 is 1.53 bits per heavy atom. The van der Waals surface area contributed by atoms with E-state index in [-0.39, 0.29) is 25.3 Å². The fourth-order valence-electron chi connectivity index (χ4n) is 0.502. The lowest BCUT2D eigenvalue weighted by Gasteiger charge is -2.12.